The van der Waals surface area contributed by atoms with Crippen LogP contribution in [0, 0.1) is 11.8 Å². The van der Waals surface area contributed by atoms with Crippen LogP contribution >= 0.6 is 0 Å². The fourth-order valence-electron chi connectivity index (χ4n) is 1.53. The number of hydrogen-bond acceptors (Lipinski definition) is 3. The van der Waals surface area contributed by atoms with Crippen LogP contribution in [-0.2, 0) is 9.53 Å². The predicted octanol–water partition coefficient (Wildman–Crippen LogP) is 1.47. The van der Waals surface area contributed by atoms with Crippen molar-refractivity contribution in [3.05, 3.63) is 0 Å². The summed E-state index contributed by atoms with van der Waals surface area (Å²) in [6.45, 7) is 1.63. The molecule has 0 aliphatic heterocycles. The minimum Gasteiger partial charge on any atom is -0.466 e. The quantitative estimate of drug-likeness (QED) is 0.737. The Kier molecular flexibility index (Phi) is 3.59. The zero-order chi connectivity index (χ0) is 11.6. The zero-order valence-electron chi connectivity index (χ0n) is 8.38. The van der Waals surface area contributed by atoms with E-state index < -0.39 is 24.1 Å². The topological polar surface area (TPSA) is 52.3 Å². The number of alkyl halides is 3. The van der Waals surface area contributed by atoms with E-state index >= 15 is 0 Å². The summed E-state index contributed by atoms with van der Waals surface area (Å²) in [4.78, 5) is 11.3. The molecule has 6 heteroatoms. The molecule has 3 nitrogen and oxygen atoms in total. The van der Waals surface area contributed by atoms with Crippen LogP contribution in [0.2, 0.25) is 0 Å². The third kappa shape index (κ3) is 3.09. The first kappa shape index (κ1) is 12.3. The minimum atomic E-state index is -4.54. The molecule has 0 heterocycles. The van der Waals surface area contributed by atoms with Gasteiger partial charge in [-0.3, -0.25) is 4.79 Å². The molecule has 1 fully saturated rings. The van der Waals surface area contributed by atoms with E-state index in [1.54, 1.807) is 6.92 Å². The van der Waals surface area contributed by atoms with Crippen LogP contribution in [0.3, 0.4) is 0 Å². The van der Waals surface area contributed by atoms with Crippen molar-refractivity contribution in [3.63, 3.8) is 0 Å². The normalized spacial score (nSPS) is 20.9. The largest absolute Gasteiger partial charge is 0.466 e. The van der Waals surface area contributed by atoms with Gasteiger partial charge in [-0.1, -0.05) is 0 Å². The third-order valence-corrected chi connectivity index (χ3v) is 2.45. The Morgan fingerprint density at radius 2 is 2.07 bits per heavy atom. The number of esters is 1. The maximum absolute atomic E-state index is 12.4. The molecule has 0 saturated heterocycles. The van der Waals surface area contributed by atoms with E-state index in [4.69, 9.17) is 5.73 Å². The molecule has 0 radical (unpaired) electrons. The Balaban J connectivity index is 2.69. The van der Waals surface area contributed by atoms with E-state index in [0.717, 1.165) is 0 Å². The van der Waals surface area contributed by atoms with Gasteiger partial charge in [0.25, 0.3) is 0 Å². The lowest BCUT2D eigenvalue weighted by molar-refractivity contribution is -0.177. The second-order valence-electron chi connectivity index (χ2n) is 3.68. The van der Waals surface area contributed by atoms with Gasteiger partial charge in [0.2, 0.25) is 0 Å². The lowest BCUT2D eigenvalue weighted by Crippen LogP contribution is -2.48. The molecule has 0 spiro atoms. The number of ether oxygens (including phenoxy) is 1. The molecule has 0 amide bonds. The molecule has 1 rings (SSSR count). The van der Waals surface area contributed by atoms with E-state index in [-0.39, 0.29) is 12.5 Å². The molecule has 1 aliphatic rings. The van der Waals surface area contributed by atoms with Crippen LogP contribution in [0.5, 0.6) is 0 Å². The highest BCUT2D eigenvalue weighted by Crippen LogP contribution is 2.42. The van der Waals surface area contributed by atoms with Gasteiger partial charge in [0.15, 0.2) is 0 Å². The Labute approximate surface area is 85.8 Å². The summed E-state index contributed by atoms with van der Waals surface area (Å²) in [7, 11) is 0. The molecule has 0 unspecified atom stereocenters. The number of halogens is 3. The van der Waals surface area contributed by atoms with Gasteiger partial charge in [0.1, 0.15) is 6.04 Å². The highest BCUT2D eigenvalue weighted by molar-refractivity contribution is 5.74. The Morgan fingerprint density at radius 1 is 1.53 bits per heavy atom. The van der Waals surface area contributed by atoms with Crippen molar-refractivity contribution < 1.29 is 22.7 Å². The van der Waals surface area contributed by atoms with Gasteiger partial charge in [0.05, 0.1) is 12.5 Å². The van der Waals surface area contributed by atoms with Gasteiger partial charge < -0.3 is 10.5 Å². The van der Waals surface area contributed by atoms with E-state index in [2.05, 4.69) is 4.74 Å². The monoisotopic (exact) mass is 225 g/mol. The second kappa shape index (κ2) is 4.38. The summed E-state index contributed by atoms with van der Waals surface area (Å²) in [5.41, 5.74) is 5.04. The Morgan fingerprint density at radius 3 is 2.40 bits per heavy atom. The van der Waals surface area contributed by atoms with Gasteiger partial charge in [-0.05, 0) is 25.7 Å². The maximum atomic E-state index is 12.4. The first-order valence-electron chi connectivity index (χ1n) is 4.86. The van der Waals surface area contributed by atoms with Gasteiger partial charge in [-0.15, -0.1) is 0 Å². The summed E-state index contributed by atoms with van der Waals surface area (Å²) in [5.74, 6) is -2.32. The molecule has 2 atom stereocenters. The molecule has 0 aromatic rings. The van der Waals surface area contributed by atoms with Gasteiger partial charge in [-0.2, -0.15) is 13.2 Å². The number of rotatable bonds is 4. The van der Waals surface area contributed by atoms with Crippen LogP contribution in [0.4, 0.5) is 13.2 Å². The molecule has 15 heavy (non-hydrogen) atoms. The Bertz CT molecular complexity index is 238. The molecule has 1 saturated carbocycles. The number of nitrogens with two attached hydrogens (primary N) is 1. The number of carbonyl (C=O) groups is 1. The predicted molar refractivity (Wildman–Crippen MR) is 46.9 cm³/mol. The van der Waals surface area contributed by atoms with Gasteiger partial charge >= 0.3 is 12.1 Å². The minimum absolute atomic E-state index is 0.0760. The lowest BCUT2D eigenvalue weighted by Gasteiger charge is -2.23. The molecule has 88 valence electrons. The van der Waals surface area contributed by atoms with Crippen molar-refractivity contribution >= 4 is 5.97 Å². The summed E-state index contributed by atoms with van der Waals surface area (Å²) in [5, 5.41) is 0. The lowest BCUT2D eigenvalue weighted by atomic mass is 9.95. The van der Waals surface area contributed by atoms with E-state index in [0.29, 0.717) is 12.8 Å². The summed E-state index contributed by atoms with van der Waals surface area (Å²) in [6, 6.07) is -2.11. The van der Waals surface area contributed by atoms with Crippen molar-refractivity contribution in [2.24, 2.45) is 17.6 Å². The van der Waals surface area contributed by atoms with Crippen molar-refractivity contribution in [3.8, 4) is 0 Å². The highest BCUT2D eigenvalue weighted by Gasteiger charge is 2.51. The Hall–Kier alpha value is -0.780. The first-order valence-corrected chi connectivity index (χ1v) is 4.86. The summed E-state index contributed by atoms with van der Waals surface area (Å²) in [6.07, 6.45) is -3.31. The van der Waals surface area contributed by atoms with Gasteiger partial charge in [0, 0.05) is 0 Å². The van der Waals surface area contributed by atoms with E-state index in [9.17, 15) is 18.0 Å². The maximum Gasteiger partial charge on any atom is 0.404 e. The first-order chi connectivity index (χ1) is 6.88. The average Bonchev–Trinajstić information content (AvgIpc) is 2.87. The fourth-order valence-corrected chi connectivity index (χ4v) is 1.53. The van der Waals surface area contributed by atoms with Gasteiger partial charge in [-0.25, -0.2) is 0 Å². The number of hydrogen-bond donors (Lipinski definition) is 1. The second-order valence-corrected chi connectivity index (χ2v) is 3.68. The molecular weight excluding hydrogens is 211 g/mol. The average molecular weight is 225 g/mol. The third-order valence-electron chi connectivity index (χ3n) is 2.45. The highest BCUT2D eigenvalue weighted by atomic mass is 19.4. The van der Waals surface area contributed by atoms with E-state index in [1.807, 2.05) is 0 Å². The fraction of sp³-hybridized carbons (Fsp3) is 0.889. The molecule has 2 N–H and O–H groups in total. The smallest absolute Gasteiger partial charge is 0.404 e. The summed E-state index contributed by atoms with van der Waals surface area (Å²) < 4.78 is 41.7. The molecular formula is C9H14F3NO2. The van der Waals surface area contributed by atoms with Crippen LogP contribution in [0.25, 0.3) is 0 Å². The van der Waals surface area contributed by atoms with Crippen LogP contribution in [-0.4, -0.2) is 24.8 Å². The number of carbonyl (C=O) groups excluding carboxylic acids is 1. The molecule has 0 aromatic heterocycles. The van der Waals surface area contributed by atoms with Crippen LogP contribution in [0.15, 0.2) is 0 Å². The van der Waals surface area contributed by atoms with Crippen molar-refractivity contribution in [2.45, 2.75) is 32.0 Å². The van der Waals surface area contributed by atoms with Crippen molar-refractivity contribution in [1.82, 2.24) is 0 Å². The molecule has 1 aliphatic carbocycles. The SMILES string of the molecule is CCOC(=O)[C@@H](C1CC1)[C@H](N)C(F)(F)F. The van der Waals surface area contributed by atoms with Crippen molar-refractivity contribution in [2.75, 3.05) is 6.61 Å². The molecule has 0 bridgehead atoms. The standard InChI is InChI=1S/C9H14F3NO2/c1-2-15-8(14)6(5-3-4-5)7(13)9(10,11)12/h5-7H,2-4,13H2,1H3/t6-,7-/m0/s1. The zero-order valence-corrected chi connectivity index (χ0v) is 8.38. The van der Waals surface area contributed by atoms with Crippen LogP contribution < -0.4 is 5.73 Å². The summed E-state index contributed by atoms with van der Waals surface area (Å²) >= 11 is 0. The molecule has 0 aromatic carbocycles. The van der Waals surface area contributed by atoms with E-state index in [1.165, 1.54) is 0 Å². The van der Waals surface area contributed by atoms with Crippen molar-refractivity contribution in [1.29, 1.82) is 0 Å². The van der Waals surface area contributed by atoms with Crippen LogP contribution in [0.1, 0.15) is 19.8 Å².